The molecule has 1 aromatic carbocycles. The summed E-state index contributed by atoms with van der Waals surface area (Å²) < 4.78 is 32.0. The third kappa shape index (κ3) is 8.87. The minimum absolute atomic E-state index is 0.234. The number of hydrogen-bond donors (Lipinski definition) is 3. The van der Waals surface area contributed by atoms with Gasteiger partial charge in [-0.3, -0.25) is 9.69 Å². The van der Waals surface area contributed by atoms with Crippen molar-refractivity contribution in [1.82, 2.24) is 20.2 Å². The first kappa shape index (κ1) is 28.6. The van der Waals surface area contributed by atoms with Gasteiger partial charge in [-0.2, -0.15) is 4.98 Å². The maximum absolute atomic E-state index is 13.5. The molecule has 1 aliphatic rings. The van der Waals surface area contributed by atoms with Crippen LogP contribution in [-0.4, -0.2) is 58.1 Å². The van der Waals surface area contributed by atoms with Crippen molar-refractivity contribution in [1.29, 1.82) is 0 Å². The molecule has 0 saturated heterocycles. The number of carbonyl (C=O) groups excluding carboxylic acids is 2. The molecule has 3 rings (SSSR count). The Bertz CT molecular complexity index is 1220. The summed E-state index contributed by atoms with van der Waals surface area (Å²) in [6.45, 7) is 7.34. The first-order valence-electron chi connectivity index (χ1n) is 12.5. The first-order valence-corrected chi connectivity index (χ1v) is 12.5. The van der Waals surface area contributed by atoms with Crippen LogP contribution in [0.5, 0.6) is 0 Å². The zero-order valence-electron chi connectivity index (χ0n) is 22.3. The predicted molar refractivity (Wildman–Crippen MR) is 141 cm³/mol. The van der Waals surface area contributed by atoms with Crippen LogP contribution in [0.15, 0.2) is 24.4 Å². The van der Waals surface area contributed by atoms with Crippen molar-refractivity contribution in [3.05, 3.63) is 41.6 Å². The van der Waals surface area contributed by atoms with E-state index in [9.17, 15) is 18.4 Å². The molecule has 0 spiro atoms. The van der Waals surface area contributed by atoms with E-state index in [4.69, 9.17) is 4.74 Å². The summed E-state index contributed by atoms with van der Waals surface area (Å²) >= 11 is 0. The van der Waals surface area contributed by atoms with Crippen LogP contribution in [0.1, 0.15) is 58.9 Å². The molecule has 0 unspecified atom stereocenters. The molecule has 1 fully saturated rings. The third-order valence-corrected chi connectivity index (χ3v) is 5.53. The molecular weight excluding hydrogens is 494 g/mol. The molecule has 0 aliphatic heterocycles. The topological polar surface area (TPSA) is 108 Å². The minimum Gasteiger partial charge on any atom is -0.444 e. The lowest BCUT2D eigenvalue weighted by Gasteiger charge is -2.28. The van der Waals surface area contributed by atoms with E-state index in [2.05, 4.69) is 37.8 Å². The Morgan fingerprint density at radius 3 is 2.63 bits per heavy atom. The highest BCUT2D eigenvalue weighted by Crippen LogP contribution is 2.26. The number of anilines is 3. The molecule has 2 amide bonds. The second-order valence-corrected chi connectivity index (χ2v) is 10.1. The number of nitrogens with zero attached hydrogens (tertiary/aromatic N) is 3. The van der Waals surface area contributed by atoms with Crippen molar-refractivity contribution in [3.63, 3.8) is 0 Å². The Labute approximate surface area is 221 Å². The molecule has 1 atom stereocenters. The van der Waals surface area contributed by atoms with E-state index in [1.54, 1.807) is 33.9 Å². The Morgan fingerprint density at radius 2 is 1.97 bits per heavy atom. The lowest BCUT2D eigenvalue weighted by Crippen LogP contribution is -2.47. The monoisotopic (exact) mass is 528 g/mol. The number of halogens is 2. The summed E-state index contributed by atoms with van der Waals surface area (Å²) in [6, 6.07) is 3.11. The van der Waals surface area contributed by atoms with Crippen LogP contribution in [-0.2, 0) is 9.53 Å². The fourth-order valence-electron chi connectivity index (χ4n) is 3.13. The van der Waals surface area contributed by atoms with Gasteiger partial charge in [-0.15, -0.1) is 0 Å². The highest BCUT2D eigenvalue weighted by molar-refractivity contribution is 5.85. The van der Waals surface area contributed by atoms with E-state index < -0.39 is 29.4 Å². The summed E-state index contributed by atoms with van der Waals surface area (Å²) in [5.74, 6) is 4.76. The lowest BCUT2D eigenvalue weighted by molar-refractivity contribution is -0.125. The van der Waals surface area contributed by atoms with Gasteiger partial charge in [0.15, 0.2) is 11.6 Å². The Morgan fingerprint density at radius 1 is 1.24 bits per heavy atom. The van der Waals surface area contributed by atoms with Crippen molar-refractivity contribution < 1.29 is 23.1 Å². The first-order chi connectivity index (χ1) is 17.9. The Kier molecular flexibility index (Phi) is 9.45. The standard InChI is InChI=1S/C27H34F2N6O3/c1-17(35(5)26(37)38-27(2,3)4)24(36)30-14-8-6-7-9-18-16-31-25(34-23(18)32-19-10-11-19)33-20-12-13-21(28)22(29)15-20/h12-13,15-17,19H,6,8,10-11,14H2,1-5H3,(H,30,36)(H2,31,32,33,34)/t17-/m0/s1. The highest BCUT2D eigenvalue weighted by atomic mass is 19.2. The number of benzene rings is 1. The molecule has 1 aliphatic carbocycles. The third-order valence-electron chi connectivity index (χ3n) is 5.53. The SMILES string of the molecule is C[C@@H](C(=O)NCCCC#Cc1cnc(Nc2ccc(F)c(F)c2)nc1NC1CC1)N(C)C(=O)OC(C)(C)C. The number of hydrogen-bond acceptors (Lipinski definition) is 7. The maximum Gasteiger partial charge on any atom is 0.410 e. The van der Waals surface area contributed by atoms with Crippen molar-refractivity contribution in [3.8, 4) is 11.8 Å². The number of rotatable bonds is 9. The second kappa shape index (κ2) is 12.5. The molecule has 3 N–H and O–H groups in total. The van der Waals surface area contributed by atoms with Gasteiger partial charge in [0.2, 0.25) is 11.9 Å². The van der Waals surface area contributed by atoms with Crippen LogP contribution in [0.25, 0.3) is 0 Å². The lowest BCUT2D eigenvalue weighted by atomic mass is 10.2. The maximum atomic E-state index is 13.5. The van der Waals surface area contributed by atoms with Gasteiger partial charge in [0.05, 0.1) is 11.8 Å². The molecule has 2 aromatic rings. The van der Waals surface area contributed by atoms with E-state index in [1.807, 2.05) is 0 Å². The van der Waals surface area contributed by atoms with Gasteiger partial charge in [0.1, 0.15) is 17.5 Å². The molecule has 1 aromatic heterocycles. The van der Waals surface area contributed by atoms with Crippen LogP contribution in [0.2, 0.25) is 0 Å². The Balaban J connectivity index is 1.51. The van der Waals surface area contributed by atoms with Crippen molar-refractivity contribution >= 4 is 29.5 Å². The van der Waals surface area contributed by atoms with Gasteiger partial charge in [-0.25, -0.2) is 18.6 Å². The zero-order chi connectivity index (χ0) is 27.9. The van der Waals surface area contributed by atoms with E-state index in [0.717, 1.165) is 25.0 Å². The predicted octanol–water partition coefficient (Wildman–Crippen LogP) is 4.58. The number of ether oxygens (including phenoxy) is 1. The molecule has 9 nitrogen and oxygen atoms in total. The molecule has 1 saturated carbocycles. The van der Waals surface area contributed by atoms with Crippen LogP contribution < -0.4 is 16.0 Å². The summed E-state index contributed by atoms with van der Waals surface area (Å²) in [7, 11) is 1.53. The molecule has 0 radical (unpaired) electrons. The van der Waals surface area contributed by atoms with Crippen molar-refractivity contribution in [2.24, 2.45) is 0 Å². The quantitative estimate of drug-likeness (QED) is 0.323. The number of amides is 2. The van der Waals surface area contributed by atoms with Gasteiger partial charge in [0.25, 0.3) is 0 Å². The number of aromatic nitrogens is 2. The van der Waals surface area contributed by atoms with Crippen LogP contribution >= 0.6 is 0 Å². The van der Waals surface area contributed by atoms with Gasteiger partial charge in [0, 0.05) is 37.8 Å². The molecule has 38 heavy (non-hydrogen) atoms. The molecular formula is C27H34F2N6O3. The minimum atomic E-state index is -0.963. The summed E-state index contributed by atoms with van der Waals surface area (Å²) in [5, 5.41) is 9.00. The smallest absolute Gasteiger partial charge is 0.410 e. The molecule has 0 bridgehead atoms. The van der Waals surface area contributed by atoms with Crippen molar-refractivity contribution in [2.75, 3.05) is 24.2 Å². The largest absolute Gasteiger partial charge is 0.444 e. The average Bonchev–Trinajstić information content (AvgIpc) is 3.66. The van der Waals surface area contributed by atoms with Gasteiger partial charge < -0.3 is 20.7 Å². The number of nitrogens with one attached hydrogen (secondary N) is 3. The molecule has 204 valence electrons. The van der Waals surface area contributed by atoms with Crippen molar-refractivity contribution in [2.45, 2.75) is 71.1 Å². The summed E-state index contributed by atoms with van der Waals surface area (Å²) in [5.41, 5.74) is 0.302. The van der Waals surface area contributed by atoms with E-state index >= 15 is 0 Å². The Hall–Kier alpha value is -3.94. The van der Waals surface area contributed by atoms with Crippen LogP contribution in [0, 0.1) is 23.5 Å². The number of carbonyl (C=O) groups is 2. The molecule has 11 heteroatoms. The van der Waals surface area contributed by atoms with E-state index in [1.165, 1.54) is 18.0 Å². The highest BCUT2D eigenvalue weighted by Gasteiger charge is 2.26. The van der Waals surface area contributed by atoms with Gasteiger partial charge in [-0.05, 0) is 59.1 Å². The molecule has 1 heterocycles. The van der Waals surface area contributed by atoms with Gasteiger partial charge in [-0.1, -0.05) is 11.8 Å². The normalized spacial score (nSPS) is 13.6. The average molecular weight is 529 g/mol. The van der Waals surface area contributed by atoms with Crippen LogP contribution in [0.3, 0.4) is 0 Å². The van der Waals surface area contributed by atoms with E-state index in [0.29, 0.717) is 42.5 Å². The fourth-order valence-corrected chi connectivity index (χ4v) is 3.13. The van der Waals surface area contributed by atoms with E-state index in [-0.39, 0.29) is 11.9 Å². The summed E-state index contributed by atoms with van der Waals surface area (Å²) in [6.07, 6.45) is 4.21. The number of likely N-dealkylation sites (N-methyl/N-ethyl adjacent to an activating group) is 1. The van der Waals surface area contributed by atoms with Crippen LogP contribution in [0.4, 0.5) is 31.0 Å². The number of unbranched alkanes of at least 4 members (excludes halogenated alkanes) is 1. The summed E-state index contributed by atoms with van der Waals surface area (Å²) in [4.78, 5) is 34.5. The zero-order valence-corrected chi connectivity index (χ0v) is 22.3. The second-order valence-electron chi connectivity index (χ2n) is 10.1. The van der Waals surface area contributed by atoms with Gasteiger partial charge >= 0.3 is 6.09 Å². The fraction of sp³-hybridized carbons (Fsp3) is 0.481.